The number of sulfonamides is 1. The van der Waals surface area contributed by atoms with Crippen molar-refractivity contribution in [2.75, 3.05) is 13.6 Å². The Kier molecular flexibility index (Phi) is 10.7. The first-order valence-corrected chi connectivity index (χ1v) is 10.4. The molecule has 166 valence electrons. The van der Waals surface area contributed by atoms with Gasteiger partial charge in [-0.2, -0.15) is 8.78 Å². The summed E-state index contributed by atoms with van der Waals surface area (Å²) in [6.07, 6.45) is 0.600. The lowest BCUT2D eigenvalue weighted by molar-refractivity contribution is -0.0504. The van der Waals surface area contributed by atoms with E-state index in [1.54, 1.807) is 19.2 Å². The largest absolute Gasteiger partial charge is 0.434 e. The van der Waals surface area contributed by atoms with Crippen LogP contribution in [0.1, 0.15) is 11.1 Å². The van der Waals surface area contributed by atoms with Gasteiger partial charge >= 0.3 is 6.61 Å². The fourth-order valence-electron chi connectivity index (χ4n) is 2.47. The van der Waals surface area contributed by atoms with Crippen LogP contribution < -0.4 is 20.5 Å². The van der Waals surface area contributed by atoms with Gasteiger partial charge in [0.2, 0.25) is 10.0 Å². The van der Waals surface area contributed by atoms with Crippen molar-refractivity contribution in [1.29, 1.82) is 0 Å². The summed E-state index contributed by atoms with van der Waals surface area (Å²) in [5.41, 5.74) is 1.36. The molecule has 12 heteroatoms. The SMILES string of the molecule is CN=C(NCCc1ccc(S(N)(=O)=O)cc1)NCc1cc(Cl)ccc1OC(F)F.I. The molecule has 0 bridgehead atoms. The molecule has 0 saturated carbocycles. The molecule has 0 radical (unpaired) electrons. The molecule has 0 aliphatic rings. The van der Waals surface area contributed by atoms with Crippen molar-refractivity contribution >= 4 is 51.6 Å². The molecular weight excluding hydrogens is 553 g/mol. The number of nitrogens with zero attached hydrogens (tertiary/aromatic N) is 1. The van der Waals surface area contributed by atoms with E-state index in [0.717, 1.165) is 5.56 Å². The molecule has 0 aliphatic carbocycles. The number of alkyl halides is 2. The first kappa shape index (κ1) is 26.3. The number of guanidine groups is 1. The van der Waals surface area contributed by atoms with E-state index in [4.69, 9.17) is 16.7 Å². The second-order valence-corrected chi connectivity index (χ2v) is 7.92. The van der Waals surface area contributed by atoms with Gasteiger partial charge in [-0.15, -0.1) is 24.0 Å². The minimum atomic E-state index is -3.72. The minimum absolute atomic E-state index is 0. The number of hydrogen-bond acceptors (Lipinski definition) is 4. The van der Waals surface area contributed by atoms with Gasteiger partial charge in [0, 0.05) is 30.7 Å². The van der Waals surface area contributed by atoms with Crippen molar-refractivity contribution in [3.05, 3.63) is 58.6 Å². The number of ether oxygens (including phenoxy) is 1. The predicted octanol–water partition coefficient (Wildman–Crippen LogP) is 3.11. The van der Waals surface area contributed by atoms with Gasteiger partial charge < -0.3 is 15.4 Å². The van der Waals surface area contributed by atoms with E-state index in [-0.39, 0.29) is 41.2 Å². The molecule has 0 unspecified atom stereocenters. The van der Waals surface area contributed by atoms with Crippen molar-refractivity contribution in [3.8, 4) is 5.75 Å². The van der Waals surface area contributed by atoms with Gasteiger partial charge in [-0.3, -0.25) is 4.99 Å². The van der Waals surface area contributed by atoms with Crippen LogP contribution in [-0.4, -0.2) is 34.6 Å². The average Bonchev–Trinajstić information content (AvgIpc) is 2.65. The van der Waals surface area contributed by atoms with E-state index in [2.05, 4.69) is 20.4 Å². The number of halogens is 4. The van der Waals surface area contributed by atoms with Crippen LogP contribution in [0.5, 0.6) is 5.75 Å². The van der Waals surface area contributed by atoms with Gasteiger partial charge in [0.1, 0.15) is 5.75 Å². The van der Waals surface area contributed by atoms with Gasteiger partial charge in [0.25, 0.3) is 0 Å². The predicted molar refractivity (Wildman–Crippen MR) is 123 cm³/mol. The maximum Gasteiger partial charge on any atom is 0.387 e. The van der Waals surface area contributed by atoms with Crippen LogP contribution in [0.25, 0.3) is 0 Å². The Morgan fingerprint density at radius 3 is 2.43 bits per heavy atom. The third kappa shape index (κ3) is 8.58. The number of nitrogens with two attached hydrogens (primary N) is 1. The van der Waals surface area contributed by atoms with Crippen LogP contribution >= 0.6 is 35.6 Å². The molecule has 7 nitrogen and oxygen atoms in total. The molecule has 0 spiro atoms. The Morgan fingerprint density at radius 1 is 1.20 bits per heavy atom. The number of rotatable bonds is 8. The third-order valence-electron chi connectivity index (χ3n) is 3.87. The van der Waals surface area contributed by atoms with E-state index in [1.807, 2.05) is 0 Å². The fourth-order valence-corrected chi connectivity index (χ4v) is 3.18. The second kappa shape index (κ2) is 12.2. The quantitative estimate of drug-likeness (QED) is 0.255. The van der Waals surface area contributed by atoms with Crippen LogP contribution in [0.2, 0.25) is 5.02 Å². The Bertz CT molecular complexity index is 960. The van der Waals surface area contributed by atoms with E-state index in [9.17, 15) is 17.2 Å². The molecule has 2 rings (SSSR count). The van der Waals surface area contributed by atoms with Crippen molar-refractivity contribution in [2.45, 2.75) is 24.5 Å². The molecule has 30 heavy (non-hydrogen) atoms. The van der Waals surface area contributed by atoms with Crippen LogP contribution in [0.3, 0.4) is 0 Å². The van der Waals surface area contributed by atoms with Crippen molar-refractivity contribution in [3.63, 3.8) is 0 Å². The first-order chi connectivity index (χ1) is 13.7. The minimum Gasteiger partial charge on any atom is -0.434 e. The molecule has 2 aromatic rings. The van der Waals surface area contributed by atoms with E-state index >= 15 is 0 Å². The summed E-state index contributed by atoms with van der Waals surface area (Å²) in [4.78, 5) is 4.12. The zero-order valence-electron chi connectivity index (χ0n) is 15.9. The standard InChI is InChI=1S/C18H21ClF2N4O3S.HI/c1-23-18(24-9-8-12-2-5-15(6-3-12)29(22,26)27)25-11-13-10-14(19)4-7-16(13)28-17(20)21;/h2-7,10,17H,8-9,11H2,1H3,(H2,22,26,27)(H2,23,24,25);1H. The first-order valence-electron chi connectivity index (χ1n) is 8.48. The highest BCUT2D eigenvalue weighted by Crippen LogP contribution is 2.24. The van der Waals surface area contributed by atoms with Crippen LogP contribution in [0.4, 0.5) is 8.78 Å². The molecule has 2 aromatic carbocycles. The van der Waals surface area contributed by atoms with Crippen LogP contribution in [0, 0.1) is 0 Å². The molecule has 0 aromatic heterocycles. The molecule has 0 aliphatic heterocycles. The van der Waals surface area contributed by atoms with Crippen molar-refractivity contribution in [2.24, 2.45) is 10.1 Å². The van der Waals surface area contributed by atoms with Gasteiger partial charge in [0.05, 0.1) is 4.90 Å². The van der Waals surface area contributed by atoms with Crippen molar-refractivity contribution < 1.29 is 21.9 Å². The Labute approximate surface area is 196 Å². The van der Waals surface area contributed by atoms with Gasteiger partial charge in [-0.1, -0.05) is 23.7 Å². The summed E-state index contributed by atoms with van der Waals surface area (Å²) < 4.78 is 52.1. The normalized spacial score (nSPS) is 11.7. The molecular formula is C18H22ClF2IN4O3S. The van der Waals surface area contributed by atoms with E-state index in [0.29, 0.717) is 29.5 Å². The highest BCUT2D eigenvalue weighted by Gasteiger charge is 2.11. The smallest absolute Gasteiger partial charge is 0.387 e. The van der Waals surface area contributed by atoms with Crippen LogP contribution in [0.15, 0.2) is 52.4 Å². The molecule has 0 saturated heterocycles. The van der Waals surface area contributed by atoms with Gasteiger partial charge in [0.15, 0.2) is 5.96 Å². The molecule has 4 N–H and O–H groups in total. The Balaban J connectivity index is 0.00000450. The summed E-state index contributed by atoms with van der Waals surface area (Å²) in [5.74, 6) is 0.483. The third-order valence-corrected chi connectivity index (χ3v) is 5.03. The van der Waals surface area contributed by atoms with Gasteiger partial charge in [-0.25, -0.2) is 13.6 Å². The maximum absolute atomic E-state index is 12.5. The van der Waals surface area contributed by atoms with Crippen molar-refractivity contribution in [1.82, 2.24) is 10.6 Å². The summed E-state index contributed by atoms with van der Waals surface area (Å²) in [5, 5.41) is 11.6. The Hall–Kier alpha value is -1.70. The molecule has 0 amide bonds. The van der Waals surface area contributed by atoms with E-state index in [1.165, 1.54) is 30.3 Å². The molecule has 0 heterocycles. The van der Waals surface area contributed by atoms with Crippen LogP contribution in [-0.2, 0) is 23.0 Å². The Morgan fingerprint density at radius 2 is 1.87 bits per heavy atom. The number of benzene rings is 2. The zero-order valence-corrected chi connectivity index (χ0v) is 19.8. The van der Waals surface area contributed by atoms with Gasteiger partial charge in [-0.05, 0) is 42.3 Å². The fraction of sp³-hybridized carbons (Fsp3) is 0.278. The highest BCUT2D eigenvalue weighted by molar-refractivity contribution is 14.0. The lowest BCUT2D eigenvalue weighted by atomic mass is 10.1. The topological polar surface area (TPSA) is 106 Å². The lowest BCUT2D eigenvalue weighted by Gasteiger charge is -2.15. The number of hydrogen-bond donors (Lipinski definition) is 3. The number of nitrogens with one attached hydrogen (secondary N) is 2. The lowest BCUT2D eigenvalue weighted by Crippen LogP contribution is -2.38. The summed E-state index contributed by atoms with van der Waals surface area (Å²) >= 11 is 5.93. The highest BCUT2D eigenvalue weighted by atomic mass is 127. The monoisotopic (exact) mass is 574 g/mol. The number of aliphatic imine (C=N–C) groups is 1. The average molecular weight is 575 g/mol. The summed E-state index contributed by atoms with van der Waals surface area (Å²) in [6.45, 7) is -2.26. The zero-order chi connectivity index (χ0) is 21.4. The summed E-state index contributed by atoms with van der Waals surface area (Å²) in [7, 11) is -2.14. The molecule has 0 fully saturated rings. The second-order valence-electron chi connectivity index (χ2n) is 5.92. The summed E-state index contributed by atoms with van der Waals surface area (Å²) in [6, 6.07) is 10.6. The maximum atomic E-state index is 12.5. The van der Waals surface area contributed by atoms with E-state index < -0.39 is 16.6 Å². The number of primary sulfonamides is 1. The molecule has 0 atom stereocenters.